The number of nitrogens with one attached hydrogen (secondary N) is 2. The molecule has 0 fully saturated rings. The highest BCUT2D eigenvalue weighted by Crippen LogP contribution is 2.30. The number of aryl methyl sites for hydroxylation is 1. The van der Waals surface area contributed by atoms with Crippen molar-refractivity contribution in [2.45, 2.75) is 19.6 Å². The van der Waals surface area contributed by atoms with Crippen LogP contribution in [0, 0.1) is 6.92 Å². The van der Waals surface area contributed by atoms with Crippen LogP contribution in [0.15, 0.2) is 41.9 Å². The average molecular weight is 484 g/mol. The summed E-state index contributed by atoms with van der Waals surface area (Å²) in [6, 6.07) is 7.67. The van der Waals surface area contributed by atoms with Gasteiger partial charge in [0.1, 0.15) is 25.1 Å². The van der Waals surface area contributed by atoms with E-state index in [-0.39, 0.29) is 30.1 Å². The van der Waals surface area contributed by atoms with Crippen LogP contribution in [0.3, 0.4) is 0 Å². The number of halogens is 1. The number of hydrogen-bond acceptors (Lipinski definition) is 5. The fourth-order valence-corrected chi connectivity index (χ4v) is 2.46. The average Bonchev–Trinajstić information content (AvgIpc) is 2.99. The Hall–Kier alpha value is -2.30. The van der Waals surface area contributed by atoms with Crippen LogP contribution in [-0.2, 0) is 13.6 Å². The summed E-state index contributed by atoms with van der Waals surface area (Å²) in [6.07, 6.45) is 1.68. The Morgan fingerprint density at radius 2 is 2.11 bits per heavy atom. The molecular weight excluding hydrogens is 459 g/mol. The fraction of sp³-hybridized carbons (Fsp3) is 0.389. The number of hydrogen-bond donors (Lipinski definition) is 2. The lowest BCUT2D eigenvalue weighted by molar-refractivity contribution is 0.0936. The molecule has 2 heterocycles. The molecule has 0 saturated heterocycles. The normalized spacial score (nSPS) is 15.6. The molecule has 9 heteroatoms. The summed E-state index contributed by atoms with van der Waals surface area (Å²) in [4.78, 5) is 4.56. The minimum absolute atomic E-state index is 0. The Morgan fingerprint density at radius 3 is 2.81 bits per heavy atom. The van der Waals surface area contributed by atoms with Gasteiger partial charge in [0.2, 0.25) is 0 Å². The van der Waals surface area contributed by atoms with Gasteiger partial charge in [-0.2, -0.15) is 0 Å². The fourth-order valence-electron chi connectivity index (χ4n) is 2.46. The first kappa shape index (κ1) is 21.0. The van der Waals surface area contributed by atoms with E-state index in [9.17, 15) is 0 Å². The van der Waals surface area contributed by atoms with Crippen LogP contribution in [0.25, 0.3) is 0 Å². The predicted molar refractivity (Wildman–Crippen MR) is 115 cm³/mol. The molecule has 3 rings (SSSR count). The SMILES string of the molecule is C=CCNC(=NCc1nnc(C)n1C)NCC1COc2ccccc2O1.I. The van der Waals surface area contributed by atoms with Gasteiger partial charge in [-0.25, -0.2) is 4.99 Å². The molecule has 1 atom stereocenters. The minimum atomic E-state index is -0.0993. The van der Waals surface area contributed by atoms with E-state index in [0.29, 0.717) is 32.2 Å². The second kappa shape index (κ2) is 10.1. The van der Waals surface area contributed by atoms with E-state index in [4.69, 9.17) is 9.47 Å². The van der Waals surface area contributed by atoms with Gasteiger partial charge in [0.15, 0.2) is 23.3 Å². The Morgan fingerprint density at radius 1 is 1.33 bits per heavy atom. The molecule has 27 heavy (non-hydrogen) atoms. The van der Waals surface area contributed by atoms with Crippen molar-refractivity contribution in [1.82, 2.24) is 25.4 Å². The third-order valence-corrected chi connectivity index (χ3v) is 4.04. The first-order valence-corrected chi connectivity index (χ1v) is 8.54. The number of nitrogens with zero attached hydrogens (tertiary/aromatic N) is 4. The number of ether oxygens (including phenoxy) is 2. The van der Waals surface area contributed by atoms with Gasteiger partial charge >= 0.3 is 0 Å². The highest BCUT2D eigenvalue weighted by Gasteiger charge is 2.20. The zero-order chi connectivity index (χ0) is 18.4. The predicted octanol–water partition coefficient (Wildman–Crippen LogP) is 1.80. The van der Waals surface area contributed by atoms with Crippen molar-refractivity contribution >= 4 is 29.9 Å². The Balaban J connectivity index is 0.00000261. The monoisotopic (exact) mass is 484 g/mol. The summed E-state index contributed by atoms with van der Waals surface area (Å²) in [7, 11) is 1.93. The number of para-hydroxylation sites is 2. The van der Waals surface area contributed by atoms with E-state index in [1.807, 2.05) is 42.8 Å². The molecule has 0 radical (unpaired) electrons. The molecule has 0 bridgehead atoms. The van der Waals surface area contributed by atoms with Crippen molar-refractivity contribution in [3.05, 3.63) is 48.6 Å². The van der Waals surface area contributed by atoms with Crippen LogP contribution in [0.1, 0.15) is 11.6 Å². The van der Waals surface area contributed by atoms with Crippen molar-refractivity contribution in [3.8, 4) is 11.5 Å². The lowest BCUT2D eigenvalue weighted by Crippen LogP contribution is -2.45. The van der Waals surface area contributed by atoms with Gasteiger partial charge in [0.25, 0.3) is 0 Å². The second-order valence-corrected chi connectivity index (χ2v) is 5.94. The molecule has 0 amide bonds. The maximum absolute atomic E-state index is 5.96. The molecule has 1 aliphatic rings. The molecule has 146 valence electrons. The molecule has 1 unspecified atom stereocenters. The van der Waals surface area contributed by atoms with Crippen molar-refractivity contribution in [2.24, 2.45) is 12.0 Å². The smallest absolute Gasteiger partial charge is 0.192 e. The lowest BCUT2D eigenvalue weighted by atomic mass is 10.2. The highest BCUT2D eigenvalue weighted by molar-refractivity contribution is 14.0. The van der Waals surface area contributed by atoms with Gasteiger partial charge in [-0.15, -0.1) is 40.8 Å². The number of aromatic nitrogens is 3. The standard InChI is InChI=1S/C18H24N6O2.HI/c1-4-9-19-18(21-11-17-23-22-13(2)24(17)3)20-10-14-12-25-15-7-5-6-8-16(15)26-14;/h4-8,14H,1,9-12H2,2-3H3,(H2,19,20,21);1H. The molecule has 8 nitrogen and oxygen atoms in total. The van der Waals surface area contributed by atoms with E-state index < -0.39 is 0 Å². The number of benzene rings is 1. The topological polar surface area (TPSA) is 85.6 Å². The summed E-state index contributed by atoms with van der Waals surface area (Å²) < 4.78 is 13.6. The van der Waals surface area contributed by atoms with Crippen LogP contribution in [0.2, 0.25) is 0 Å². The Bertz CT molecular complexity index is 792. The van der Waals surface area contributed by atoms with Crippen LogP contribution >= 0.6 is 24.0 Å². The van der Waals surface area contributed by atoms with Crippen LogP contribution in [0.5, 0.6) is 11.5 Å². The van der Waals surface area contributed by atoms with Crippen molar-refractivity contribution < 1.29 is 9.47 Å². The molecular formula is C18H25IN6O2. The van der Waals surface area contributed by atoms with Crippen molar-refractivity contribution in [1.29, 1.82) is 0 Å². The largest absolute Gasteiger partial charge is 0.486 e. The van der Waals surface area contributed by atoms with E-state index >= 15 is 0 Å². The minimum Gasteiger partial charge on any atom is -0.486 e. The quantitative estimate of drug-likeness (QED) is 0.282. The summed E-state index contributed by atoms with van der Waals surface area (Å²) >= 11 is 0. The summed E-state index contributed by atoms with van der Waals surface area (Å²) in [6.45, 7) is 7.72. The van der Waals surface area contributed by atoms with E-state index in [1.165, 1.54) is 0 Å². The first-order valence-electron chi connectivity index (χ1n) is 8.54. The Kier molecular flexibility index (Phi) is 7.89. The van der Waals surface area contributed by atoms with E-state index in [0.717, 1.165) is 23.1 Å². The number of fused-ring (bicyclic) bond motifs is 1. The molecule has 0 aliphatic carbocycles. The van der Waals surface area contributed by atoms with Crippen LogP contribution in [-0.4, -0.2) is 46.5 Å². The lowest BCUT2D eigenvalue weighted by Gasteiger charge is -2.27. The number of guanidine groups is 1. The third kappa shape index (κ3) is 5.59. The summed E-state index contributed by atoms with van der Waals surface area (Å²) in [5.41, 5.74) is 0. The van der Waals surface area contributed by atoms with Gasteiger partial charge < -0.3 is 24.7 Å². The van der Waals surface area contributed by atoms with E-state index in [1.54, 1.807) is 6.08 Å². The molecule has 2 aromatic rings. The van der Waals surface area contributed by atoms with Gasteiger partial charge in [-0.1, -0.05) is 18.2 Å². The Labute approximate surface area is 176 Å². The van der Waals surface area contributed by atoms with E-state index in [2.05, 4.69) is 32.4 Å². The molecule has 2 N–H and O–H groups in total. The van der Waals surface area contributed by atoms with Crippen LogP contribution < -0.4 is 20.1 Å². The zero-order valence-electron chi connectivity index (χ0n) is 15.5. The molecule has 1 aromatic heterocycles. The maximum Gasteiger partial charge on any atom is 0.192 e. The van der Waals surface area contributed by atoms with Gasteiger partial charge in [0.05, 0.1) is 6.54 Å². The maximum atomic E-state index is 5.96. The molecule has 1 aromatic carbocycles. The summed E-state index contributed by atoms with van der Waals surface area (Å²) in [5.74, 6) is 3.86. The van der Waals surface area contributed by atoms with Crippen LogP contribution in [0.4, 0.5) is 0 Å². The first-order chi connectivity index (χ1) is 12.7. The molecule has 1 aliphatic heterocycles. The zero-order valence-corrected chi connectivity index (χ0v) is 17.8. The van der Waals surface area contributed by atoms with Gasteiger partial charge in [-0.3, -0.25) is 0 Å². The second-order valence-electron chi connectivity index (χ2n) is 5.94. The third-order valence-electron chi connectivity index (χ3n) is 4.04. The number of rotatable bonds is 6. The van der Waals surface area contributed by atoms with Gasteiger partial charge in [0, 0.05) is 13.6 Å². The van der Waals surface area contributed by atoms with Crippen molar-refractivity contribution in [2.75, 3.05) is 19.7 Å². The molecule has 0 spiro atoms. The van der Waals surface area contributed by atoms with Crippen molar-refractivity contribution in [3.63, 3.8) is 0 Å². The summed E-state index contributed by atoms with van der Waals surface area (Å²) in [5, 5.41) is 14.6. The van der Waals surface area contributed by atoms with Gasteiger partial charge in [-0.05, 0) is 19.1 Å². The highest BCUT2D eigenvalue weighted by atomic mass is 127. The number of aliphatic imine (C=N–C) groups is 1. The molecule has 0 saturated carbocycles.